The van der Waals surface area contributed by atoms with Gasteiger partial charge in [0.15, 0.2) is 0 Å². The summed E-state index contributed by atoms with van der Waals surface area (Å²) < 4.78 is 26.5. The molecule has 0 aliphatic heterocycles. The number of nitrogens with zero attached hydrogens (tertiary/aromatic N) is 2. The van der Waals surface area contributed by atoms with Gasteiger partial charge in [0, 0.05) is 31.6 Å². The van der Waals surface area contributed by atoms with Crippen LogP contribution in [0.3, 0.4) is 0 Å². The molecule has 1 heterocycles. The maximum atomic E-state index is 13.3. The summed E-state index contributed by atoms with van der Waals surface area (Å²) in [4.78, 5) is 18.2. The number of benzene rings is 3. The Hall–Kier alpha value is -3.55. The van der Waals surface area contributed by atoms with Gasteiger partial charge in [0.05, 0.1) is 21.7 Å². The lowest BCUT2D eigenvalue weighted by molar-refractivity contribution is 0.0952. The van der Waals surface area contributed by atoms with Crippen LogP contribution in [0, 0.1) is 6.92 Å². The molecule has 1 aromatic heterocycles. The molecule has 3 aromatic carbocycles. The summed E-state index contributed by atoms with van der Waals surface area (Å²) in [5, 5.41) is 3.66. The van der Waals surface area contributed by atoms with Crippen molar-refractivity contribution in [3.63, 3.8) is 0 Å². The standard InChI is InChI=1S/C26H25N3O3S/c1-18-13-14-23-21(15-18)22(16-24(28-23)19-9-5-4-6-10-19)26(30)27-17-20-11-7-8-12-25(20)33(31,32)29(2)3/h4-16H,17H2,1-3H3,(H,27,30). The average molecular weight is 460 g/mol. The Morgan fingerprint density at radius 2 is 1.64 bits per heavy atom. The normalized spacial score (nSPS) is 11.6. The first-order chi connectivity index (χ1) is 15.8. The molecule has 4 rings (SSSR count). The molecule has 0 unspecified atom stereocenters. The largest absolute Gasteiger partial charge is 0.348 e. The van der Waals surface area contributed by atoms with Crippen molar-refractivity contribution in [2.75, 3.05) is 14.1 Å². The van der Waals surface area contributed by atoms with Gasteiger partial charge in [-0.2, -0.15) is 0 Å². The van der Waals surface area contributed by atoms with E-state index in [0.717, 1.165) is 22.0 Å². The number of hydrogen-bond donors (Lipinski definition) is 1. The van der Waals surface area contributed by atoms with E-state index in [1.807, 2.05) is 55.5 Å². The molecule has 0 saturated carbocycles. The summed E-state index contributed by atoms with van der Waals surface area (Å²) in [6.45, 7) is 2.05. The second-order valence-electron chi connectivity index (χ2n) is 8.02. The summed E-state index contributed by atoms with van der Waals surface area (Å²) in [5.41, 5.74) is 4.38. The fourth-order valence-electron chi connectivity index (χ4n) is 3.65. The van der Waals surface area contributed by atoms with Crippen LogP contribution in [0.4, 0.5) is 0 Å². The van der Waals surface area contributed by atoms with Crippen molar-refractivity contribution in [1.82, 2.24) is 14.6 Å². The van der Waals surface area contributed by atoms with Crippen LogP contribution in [-0.2, 0) is 16.6 Å². The molecule has 0 saturated heterocycles. The molecule has 1 amide bonds. The molecule has 0 aliphatic rings. The number of pyridine rings is 1. The molecule has 0 bridgehead atoms. The predicted octanol–water partition coefficient (Wildman–Crippen LogP) is 4.39. The van der Waals surface area contributed by atoms with Crippen molar-refractivity contribution >= 4 is 26.8 Å². The van der Waals surface area contributed by atoms with E-state index >= 15 is 0 Å². The van der Waals surface area contributed by atoms with Crippen molar-refractivity contribution in [1.29, 1.82) is 0 Å². The summed E-state index contributed by atoms with van der Waals surface area (Å²) in [5.74, 6) is -0.290. The second-order valence-corrected chi connectivity index (χ2v) is 10.1. The van der Waals surface area contributed by atoms with E-state index in [1.165, 1.54) is 18.4 Å². The van der Waals surface area contributed by atoms with Gasteiger partial charge in [0.1, 0.15) is 0 Å². The molecule has 0 spiro atoms. The molecule has 7 heteroatoms. The Kier molecular flexibility index (Phi) is 6.26. The van der Waals surface area contributed by atoms with Gasteiger partial charge in [0.25, 0.3) is 5.91 Å². The van der Waals surface area contributed by atoms with Crippen molar-refractivity contribution in [3.05, 3.63) is 95.6 Å². The topological polar surface area (TPSA) is 79.4 Å². The number of carbonyl (C=O) groups excluding carboxylic acids is 1. The third kappa shape index (κ3) is 4.65. The van der Waals surface area contributed by atoms with Crippen LogP contribution in [0.25, 0.3) is 22.2 Å². The van der Waals surface area contributed by atoms with Crippen molar-refractivity contribution in [2.45, 2.75) is 18.4 Å². The van der Waals surface area contributed by atoms with E-state index in [4.69, 9.17) is 4.98 Å². The molecule has 168 valence electrons. The number of sulfonamides is 1. The quantitative estimate of drug-likeness (QED) is 0.464. The average Bonchev–Trinajstić information content (AvgIpc) is 2.82. The molecule has 4 aromatic rings. The smallest absolute Gasteiger partial charge is 0.252 e. The molecule has 6 nitrogen and oxygen atoms in total. The lowest BCUT2D eigenvalue weighted by Crippen LogP contribution is -2.27. The number of hydrogen-bond acceptors (Lipinski definition) is 4. The SMILES string of the molecule is Cc1ccc2nc(-c3ccccc3)cc(C(=O)NCc3ccccc3S(=O)(=O)N(C)C)c2c1. The first-order valence-electron chi connectivity index (χ1n) is 10.5. The number of rotatable bonds is 6. The third-order valence-corrected chi connectivity index (χ3v) is 7.36. The summed E-state index contributed by atoms with van der Waals surface area (Å²) in [7, 11) is -0.656. The van der Waals surface area contributed by atoms with Gasteiger partial charge in [-0.15, -0.1) is 0 Å². The van der Waals surface area contributed by atoms with Gasteiger partial charge >= 0.3 is 0 Å². The predicted molar refractivity (Wildman–Crippen MR) is 130 cm³/mol. The molecule has 0 aliphatic carbocycles. The number of carbonyl (C=O) groups is 1. The Morgan fingerprint density at radius 1 is 0.939 bits per heavy atom. The summed E-state index contributed by atoms with van der Waals surface area (Å²) in [6, 6.07) is 24.0. The van der Waals surface area contributed by atoms with Crippen LogP contribution in [0.2, 0.25) is 0 Å². The Morgan fingerprint density at radius 3 is 2.36 bits per heavy atom. The molecule has 33 heavy (non-hydrogen) atoms. The maximum absolute atomic E-state index is 13.3. The number of amides is 1. The Balaban J connectivity index is 1.72. The van der Waals surface area contributed by atoms with Gasteiger partial charge in [-0.05, 0) is 36.8 Å². The minimum Gasteiger partial charge on any atom is -0.348 e. The summed E-state index contributed by atoms with van der Waals surface area (Å²) >= 11 is 0. The summed E-state index contributed by atoms with van der Waals surface area (Å²) in [6.07, 6.45) is 0. The zero-order valence-electron chi connectivity index (χ0n) is 18.7. The van der Waals surface area contributed by atoms with Gasteiger partial charge in [0.2, 0.25) is 10.0 Å². The van der Waals surface area contributed by atoms with Crippen LogP contribution in [0.1, 0.15) is 21.5 Å². The van der Waals surface area contributed by atoms with Crippen molar-refractivity contribution < 1.29 is 13.2 Å². The minimum absolute atomic E-state index is 0.0817. The fourth-order valence-corrected chi connectivity index (χ4v) is 4.77. The van der Waals surface area contributed by atoms with Gasteiger partial charge < -0.3 is 5.32 Å². The van der Waals surface area contributed by atoms with Crippen LogP contribution in [0.15, 0.2) is 83.8 Å². The van der Waals surface area contributed by atoms with Crippen LogP contribution < -0.4 is 5.32 Å². The van der Waals surface area contributed by atoms with Crippen molar-refractivity contribution in [2.24, 2.45) is 0 Å². The first kappa shape index (κ1) is 22.6. The lowest BCUT2D eigenvalue weighted by atomic mass is 10.0. The molecule has 1 N–H and O–H groups in total. The molecule has 0 atom stereocenters. The monoisotopic (exact) mass is 459 g/mol. The maximum Gasteiger partial charge on any atom is 0.252 e. The molecule has 0 fully saturated rings. The lowest BCUT2D eigenvalue weighted by Gasteiger charge is -2.16. The van der Waals surface area contributed by atoms with E-state index in [-0.39, 0.29) is 17.3 Å². The van der Waals surface area contributed by atoms with Crippen LogP contribution >= 0.6 is 0 Å². The highest BCUT2D eigenvalue weighted by molar-refractivity contribution is 7.89. The molecule has 0 radical (unpaired) electrons. The molecular formula is C26H25N3O3S. The van der Waals surface area contributed by atoms with E-state index < -0.39 is 10.0 Å². The minimum atomic E-state index is -3.63. The van der Waals surface area contributed by atoms with Crippen LogP contribution in [-0.4, -0.2) is 37.7 Å². The van der Waals surface area contributed by atoms with Gasteiger partial charge in [-0.3, -0.25) is 4.79 Å². The van der Waals surface area contributed by atoms with E-state index in [2.05, 4.69) is 5.32 Å². The highest BCUT2D eigenvalue weighted by atomic mass is 32.2. The zero-order chi connectivity index (χ0) is 23.6. The Bertz CT molecular complexity index is 1430. The van der Waals surface area contributed by atoms with Crippen LogP contribution in [0.5, 0.6) is 0 Å². The zero-order valence-corrected chi connectivity index (χ0v) is 19.6. The fraction of sp³-hybridized carbons (Fsp3) is 0.154. The highest BCUT2D eigenvalue weighted by Gasteiger charge is 2.21. The van der Waals surface area contributed by atoms with E-state index in [9.17, 15) is 13.2 Å². The highest BCUT2D eigenvalue weighted by Crippen LogP contribution is 2.26. The van der Waals surface area contributed by atoms with Crippen molar-refractivity contribution in [3.8, 4) is 11.3 Å². The number of fused-ring (bicyclic) bond motifs is 1. The number of aryl methyl sites for hydroxylation is 1. The van der Waals surface area contributed by atoms with Gasteiger partial charge in [-0.1, -0.05) is 60.2 Å². The van der Waals surface area contributed by atoms with E-state index in [0.29, 0.717) is 16.8 Å². The third-order valence-electron chi connectivity index (χ3n) is 5.45. The molecular weight excluding hydrogens is 434 g/mol. The second kappa shape index (κ2) is 9.13. The first-order valence-corrected chi connectivity index (χ1v) is 12.0. The Labute approximate surface area is 194 Å². The van der Waals surface area contributed by atoms with Gasteiger partial charge in [-0.25, -0.2) is 17.7 Å². The number of nitrogens with one attached hydrogen (secondary N) is 1. The van der Waals surface area contributed by atoms with E-state index in [1.54, 1.807) is 30.3 Å². The number of aromatic nitrogens is 1.